The Morgan fingerprint density at radius 2 is 2.17 bits per heavy atom. The molecule has 2 rings (SSSR count). The van der Waals surface area contributed by atoms with Gasteiger partial charge in [0, 0.05) is 19.6 Å². The van der Waals surface area contributed by atoms with Gasteiger partial charge >= 0.3 is 5.97 Å². The predicted molar refractivity (Wildman–Crippen MR) is 68.1 cm³/mol. The number of nitrogens with zero attached hydrogens (tertiary/aromatic N) is 1. The highest BCUT2D eigenvalue weighted by atomic mass is 16.5. The number of carbonyl (C=O) groups is 1. The Kier molecular flexibility index (Phi) is 4.33. The summed E-state index contributed by atoms with van der Waals surface area (Å²) in [6, 6.07) is 7.89. The van der Waals surface area contributed by atoms with Crippen molar-refractivity contribution in [3.8, 4) is 0 Å². The van der Waals surface area contributed by atoms with Crippen LogP contribution in [0.3, 0.4) is 0 Å². The molecule has 4 nitrogen and oxygen atoms in total. The first-order chi connectivity index (χ1) is 8.69. The molecule has 0 aliphatic carbocycles. The zero-order valence-electron chi connectivity index (χ0n) is 10.6. The van der Waals surface area contributed by atoms with Crippen LogP contribution in [-0.2, 0) is 22.5 Å². The summed E-state index contributed by atoms with van der Waals surface area (Å²) in [4.78, 5) is 13.6. The van der Waals surface area contributed by atoms with Crippen molar-refractivity contribution in [2.45, 2.75) is 25.5 Å². The summed E-state index contributed by atoms with van der Waals surface area (Å²) in [5.74, 6) is -0.219. The second kappa shape index (κ2) is 5.98. The van der Waals surface area contributed by atoms with E-state index in [-0.39, 0.29) is 12.1 Å². The monoisotopic (exact) mass is 249 g/mol. The number of likely N-dealkylation sites (tertiary alicyclic amines) is 1. The molecule has 1 heterocycles. The van der Waals surface area contributed by atoms with Gasteiger partial charge in [-0.2, -0.15) is 0 Å². The number of carbonyl (C=O) groups excluding carboxylic acids is 1. The Morgan fingerprint density at radius 1 is 1.44 bits per heavy atom. The number of methoxy groups -OCH3 is 1. The lowest BCUT2D eigenvalue weighted by Crippen LogP contribution is -2.22. The molecule has 1 atom stereocenters. The fourth-order valence-electron chi connectivity index (χ4n) is 2.31. The number of hydrogen-bond acceptors (Lipinski definition) is 4. The van der Waals surface area contributed by atoms with Gasteiger partial charge < -0.3 is 9.84 Å². The highest BCUT2D eigenvalue weighted by Crippen LogP contribution is 2.17. The smallest absolute Gasteiger partial charge is 0.309 e. The maximum absolute atomic E-state index is 11.3. The Morgan fingerprint density at radius 3 is 2.78 bits per heavy atom. The number of aliphatic hydroxyl groups is 1. The number of aliphatic hydroxyl groups excluding tert-OH is 1. The molecule has 1 aromatic carbocycles. The van der Waals surface area contributed by atoms with Gasteiger partial charge in [0.1, 0.15) is 0 Å². The molecular formula is C14H19NO3. The summed E-state index contributed by atoms with van der Waals surface area (Å²) in [5, 5.41) is 9.51. The minimum atomic E-state index is -0.219. The summed E-state index contributed by atoms with van der Waals surface area (Å²) in [5.41, 5.74) is 2.14. The van der Waals surface area contributed by atoms with Gasteiger partial charge in [0.25, 0.3) is 0 Å². The van der Waals surface area contributed by atoms with Gasteiger partial charge in [-0.3, -0.25) is 9.69 Å². The Labute approximate surface area is 107 Å². The first-order valence-electron chi connectivity index (χ1n) is 6.23. The molecule has 0 spiro atoms. The van der Waals surface area contributed by atoms with Crippen molar-refractivity contribution in [1.29, 1.82) is 0 Å². The van der Waals surface area contributed by atoms with Crippen molar-refractivity contribution in [3.05, 3.63) is 35.4 Å². The molecule has 1 fully saturated rings. The van der Waals surface area contributed by atoms with E-state index in [1.54, 1.807) is 0 Å². The van der Waals surface area contributed by atoms with Crippen molar-refractivity contribution in [3.63, 3.8) is 0 Å². The second-order valence-electron chi connectivity index (χ2n) is 4.70. The summed E-state index contributed by atoms with van der Waals surface area (Å²) < 4.78 is 4.70. The van der Waals surface area contributed by atoms with E-state index >= 15 is 0 Å². The lowest BCUT2D eigenvalue weighted by Gasteiger charge is -2.17. The minimum absolute atomic E-state index is 0.210. The Bertz CT molecular complexity index is 419. The topological polar surface area (TPSA) is 49.8 Å². The lowest BCUT2D eigenvalue weighted by atomic mass is 10.0. The van der Waals surface area contributed by atoms with Crippen LogP contribution in [0.25, 0.3) is 0 Å². The van der Waals surface area contributed by atoms with E-state index in [9.17, 15) is 9.90 Å². The molecular weight excluding hydrogens is 230 g/mol. The van der Waals surface area contributed by atoms with E-state index in [1.165, 1.54) is 7.11 Å². The number of rotatable bonds is 4. The molecule has 1 unspecified atom stereocenters. The summed E-state index contributed by atoms with van der Waals surface area (Å²) in [7, 11) is 1.40. The molecule has 1 saturated heterocycles. The quantitative estimate of drug-likeness (QED) is 0.808. The van der Waals surface area contributed by atoms with Crippen LogP contribution >= 0.6 is 0 Å². The van der Waals surface area contributed by atoms with Crippen LogP contribution in [0.5, 0.6) is 0 Å². The summed E-state index contributed by atoms with van der Waals surface area (Å²) in [6.45, 7) is 2.41. The Balaban J connectivity index is 2.05. The van der Waals surface area contributed by atoms with E-state index < -0.39 is 0 Å². The second-order valence-corrected chi connectivity index (χ2v) is 4.70. The van der Waals surface area contributed by atoms with Crippen LogP contribution in [0, 0.1) is 0 Å². The first-order valence-corrected chi connectivity index (χ1v) is 6.23. The number of benzene rings is 1. The normalized spacial score (nSPS) is 20.0. The molecule has 0 aromatic heterocycles. The van der Waals surface area contributed by atoms with Gasteiger partial charge in [-0.15, -0.1) is 0 Å². The van der Waals surface area contributed by atoms with Gasteiger partial charge in [-0.25, -0.2) is 0 Å². The third-order valence-electron chi connectivity index (χ3n) is 3.32. The molecule has 98 valence electrons. The van der Waals surface area contributed by atoms with Crippen LogP contribution in [-0.4, -0.2) is 42.3 Å². The van der Waals surface area contributed by atoms with Crippen LogP contribution in [0.2, 0.25) is 0 Å². The molecule has 1 aromatic rings. The fourth-order valence-corrected chi connectivity index (χ4v) is 2.31. The molecule has 0 saturated carbocycles. The van der Waals surface area contributed by atoms with E-state index in [4.69, 9.17) is 4.74 Å². The van der Waals surface area contributed by atoms with Gasteiger partial charge in [-0.05, 0) is 17.5 Å². The van der Waals surface area contributed by atoms with Crippen LogP contribution in [0.15, 0.2) is 24.3 Å². The predicted octanol–water partition coefficient (Wildman–Crippen LogP) is 0.969. The number of β-amino-alcohol motifs (C(OH)–C–C–N with tert-alkyl or cyclic N) is 1. The largest absolute Gasteiger partial charge is 0.469 e. The third kappa shape index (κ3) is 3.31. The maximum Gasteiger partial charge on any atom is 0.309 e. The summed E-state index contributed by atoms with van der Waals surface area (Å²) in [6.07, 6.45) is 0.931. The number of ether oxygens (including phenoxy) is 1. The number of esters is 1. The summed E-state index contributed by atoms with van der Waals surface area (Å²) >= 11 is 0. The van der Waals surface area contributed by atoms with E-state index in [0.29, 0.717) is 13.0 Å². The molecule has 1 aliphatic rings. The molecule has 4 heteroatoms. The van der Waals surface area contributed by atoms with Gasteiger partial charge in [-0.1, -0.05) is 24.3 Å². The average molecular weight is 249 g/mol. The molecule has 0 amide bonds. The van der Waals surface area contributed by atoms with Crippen molar-refractivity contribution in [1.82, 2.24) is 4.90 Å². The van der Waals surface area contributed by atoms with E-state index in [1.807, 2.05) is 24.3 Å². The lowest BCUT2D eigenvalue weighted by molar-refractivity contribution is -0.139. The van der Waals surface area contributed by atoms with Gasteiger partial charge in [0.15, 0.2) is 0 Å². The molecule has 1 aliphatic heterocycles. The molecule has 18 heavy (non-hydrogen) atoms. The van der Waals surface area contributed by atoms with Crippen molar-refractivity contribution < 1.29 is 14.6 Å². The van der Waals surface area contributed by atoms with E-state index in [2.05, 4.69) is 4.90 Å². The highest BCUT2D eigenvalue weighted by Gasteiger charge is 2.21. The van der Waals surface area contributed by atoms with Gasteiger partial charge in [0.05, 0.1) is 19.6 Å². The maximum atomic E-state index is 11.3. The molecule has 1 N–H and O–H groups in total. The molecule has 0 radical (unpaired) electrons. The fraction of sp³-hybridized carbons (Fsp3) is 0.500. The standard InChI is InChI=1S/C14H19NO3/c1-18-14(17)8-11-4-2-3-5-12(11)9-15-7-6-13(16)10-15/h2-5,13,16H,6-10H2,1H3. The third-order valence-corrected chi connectivity index (χ3v) is 3.32. The van der Waals surface area contributed by atoms with Crippen molar-refractivity contribution >= 4 is 5.97 Å². The van der Waals surface area contributed by atoms with Crippen LogP contribution < -0.4 is 0 Å². The van der Waals surface area contributed by atoms with Crippen LogP contribution in [0.4, 0.5) is 0 Å². The minimum Gasteiger partial charge on any atom is -0.469 e. The van der Waals surface area contributed by atoms with Crippen molar-refractivity contribution in [2.75, 3.05) is 20.2 Å². The van der Waals surface area contributed by atoms with E-state index in [0.717, 1.165) is 30.6 Å². The highest BCUT2D eigenvalue weighted by molar-refractivity contribution is 5.72. The SMILES string of the molecule is COC(=O)Cc1ccccc1CN1CCC(O)C1. The van der Waals surface area contributed by atoms with Gasteiger partial charge in [0.2, 0.25) is 0 Å². The number of hydrogen-bond donors (Lipinski definition) is 1. The zero-order valence-corrected chi connectivity index (χ0v) is 10.6. The zero-order chi connectivity index (χ0) is 13.0. The average Bonchev–Trinajstić information content (AvgIpc) is 2.77. The Hall–Kier alpha value is -1.39. The molecule has 0 bridgehead atoms. The first kappa shape index (κ1) is 13.1. The van der Waals surface area contributed by atoms with Crippen molar-refractivity contribution in [2.24, 2.45) is 0 Å². The van der Waals surface area contributed by atoms with Crippen LogP contribution in [0.1, 0.15) is 17.5 Å².